The van der Waals surface area contributed by atoms with Gasteiger partial charge in [-0.2, -0.15) is 0 Å². The maximum absolute atomic E-state index is 12.5. The van der Waals surface area contributed by atoms with E-state index in [1.54, 1.807) is 6.26 Å². The van der Waals surface area contributed by atoms with E-state index >= 15 is 0 Å². The minimum Gasteiger partial charge on any atom is -0.461 e. The first-order chi connectivity index (χ1) is 13.5. The van der Waals surface area contributed by atoms with Crippen LogP contribution in [0.15, 0.2) is 39.6 Å². The largest absolute Gasteiger partial charge is 0.461 e. The molecule has 1 atom stereocenters. The standard InChI is InChI=1S/C21H30N4O2S/c1-15(2)14-25-19(18-10-7-13-27-18)23-24-21(25)28-16(3)20(26)22-12-11-17-8-5-4-6-9-17/h7-8,10,13,15-16H,4-6,9,11-12,14H2,1-3H3,(H,22,26). The van der Waals surface area contributed by atoms with Gasteiger partial charge in [-0.05, 0) is 57.1 Å². The molecule has 28 heavy (non-hydrogen) atoms. The number of carbonyl (C=O) groups is 1. The molecule has 0 spiro atoms. The van der Waals surface area contributed by atoms with Crippen LogP contribution in [0.1, 0.15) is 52.9 Å². The lowest BCUT2D eigenvalue weighted by molar-refractivity contribution is -0.120. The van der Waals surface area contributed by atoms with Crippen LogP contribution < -0.4 is 5.32 Å². The van der Waals surface area contributed by atoms with Crippen LogP contribution in [-0.2, 0) is 11.3 Å². The molecule has 0 aromatic carbocycles. The van der Waals surface area contributed by atoms with E-state index in [1.807, 2.05) is 23.6 Å². The third kappa shape index (κ3) is 5.50. The highest BCUT2D eigenvalue weighted by atomic mass is 32.2. The molecule has 7 heteroatoms. The molecule has 0 bridgehead atoms. The Balaban J connectivity index is 1.60. The first kappa shape index (κ1) is 20.7. The average Bonchev–Trinajstić information content (AvgIpc) is 3.33. The Bertz CT molecular complexity index is 795. The fraction of sp³-hybridized carbons (Fsp3) is 0.571. The highest BCUT2D eigenvalue weighted by Gasteiger charge is 2.22. The van der Waals surface area contributed by atoms with Crippen LogP contribution in [0.3, 0.4) is 0 Å². The van der Waals surface area contributed by atoms with Crippen LogP contribution in [0, 0.1) is 5.92 Å². The summed E-state index contributed by atoms with van der Waals surface area (Å²) in [4.78, 5) is 12.5. The van der Waals surface area contributed by atoms with Crippen LogP contribution in [0.5, 0.6) is 0 Å². The smallest absolute Gasteiger partial charge is 0.233 e. The number of amides is 1. The Morgan fingerprint density at radius 3 is 2.86 bits per heavy atom. The van der Waals surface area contributed by atoms with Gasteiger partial charge in [0.25, 0.3) is 0 Å². The van der Waals surface area contributed by atoms with Crippen molar-refractivity contribution in [1.82, 2.24) is 20.1 Å². The van der Waals surface area contributed by atoms with Crippen molar-refractivity contribution < 1.29 is 9.21 Å². The molecule has 0 aliphatic heterocycles. The summed E-state index contributed by atoms with van der Waals surface area (Å²) in [5, 5.41) is 12.2. The van der Waals surface area contributed by atoms with Gasteiger partial charge in [0.2, 0.25) is 5.91 Å². The number of furan rings is 1. The van der Waals surface area contributed by atoms with Gasteiger partial charge in [0, 0.05) is 13.1 Å². The molecule has 0 fully saturated rings. The van der Waals surface area contributed by atoms with Gasteiger partial charge in [-0.3, -0.25) is 9.36 Å². The predicted octanol–water partition coefficient (Wildman–Crippen LogP) is 4.68. The van der Waals surface area contributed by atoms with E-state index in [1.165, 1.54) is 43.0 Å². The van der Waals surface area contributed by atoms with Gasteiger partial charge in [-0.25, -0.2) is 0 Å². The maximum atomic E-state index is 12.5. The molecule has 2 heterocycles. The monoisotopic (exact) mass is 402 g/mol. The van der Waals surface area contributed by atoms with Crippen molar-refractivity contribution in [3.8, 4) is 11.6 Å². The molecule has 1 amide bonds. The number of nitrogens with zero attached hydrogens (tertiary/aromatic N) is 3. The Morgan fingerprint density at radius 1 is 1.32 bits per heavy atom. The second-order valence-corrected chi connectivity index (χ2v) is 9.01. The lowest BCUT2D eigenvalue weighted by Gasteiger charge is -2.16. The highest BCUT2D eigenvalue weighted by molar-refractivity contribution is 8.00. The zero-order valence-electron chi connectivity index (χ0n) is 17.0. The van der Waals surface area contributed by atoms with Crippen LogP contribution >= 0.6 is 11.8 Å². The van der Waals surface area contributed by atoms with Gasteiger partial charge in [0.15, 0.2) is 16.7 Å². The molecule has 152 valence electrons. The van der Waals surface area contributed by atoms with Crippen molar-refractivity contribution in [2.45, 2.75) is 69.8 Å². The summed E-state index contributed by atoms with van der Waals surface area (Å²) in [6, 6.07) is 3.72. The number of hydrogen-bond acceptors (Lipinski definition) is 5. The van der Waals surface area contributed by atoms with E-state index in [9.17, 15) is 4.79 Å². The number of hydrogen-bond donors (Lipinski definition) is 1. The first-order valence-corrected chi connectivity index (χ1v) is 11.0. The second-order valence-electron chi connectivity index (χ2n) is 7.70. The quantitative estimate of drug-likeness (QED) is 0.487. The van der Waals surface area contributed by atoms with E-state index in [4.69, 9.17) is 4.42 Å². The molecule has 1 aliphatic rings. The van der Waals surface area contributed by atoms with Crippen molar-refractivity contribution in [3.63, 3.8) is 0 Å². The molecule has 1 unspecified atom stereocenters. The van der Waals surface area contributed by atoms with Crippen LogP contribution in [0.2, 0.25) is 0 Å². The third-order valence-corrected chi connectivity index (χ3v) is 5.87. The molecule has 1 N–H and O–H groups in total. The van der Waals surface area contributed by atoms with Crippen molar-refractivity contribution >= 4 is 17.7 Å². The second kappa shape index (κ2) is 9.96. The van der Waals surface area contributed by atoms with Crippen LogP contribution in [0.25, 0.3) is 11.6 Å². The molecule has 2 aromatic rings. The van der Waals surface area contributed by atoms with Crippen molar-refractivity contribution in [2.75, 3.05) is 6.54 Å². The Labute approximate surface area is 171 Å². The van der Waals surface area contributed by atoms with E-state index < -0.39 is 0 Å². The topological polar surface area (TPSA) is 73.0 Å². The fourth-order valence-corrected chi connectivity index (χ4v) is 4.21. The zero-order valence-corrected chi connectivity index (χ0v) is 17.8. The third-order valence-electron chi connectivity index (χ3n) is 4.79. The molecule has 2 aromatic heterocycles. The van der Waals surface area contributed by atoms with Crippen molar-refractivity contribution in [2.24, 2.45) is 5.92 Å². The SMILES string of the molecule is CC(C)Cn1c(SC(C)C(=O)NCCC2=CCCCC2)nnc1-c1ccco1. The van der Waals surface area contributed by atoms with Crippen molar-refractivity contribution in [3.05, 3.63) is 30.0 Å². The number of rotatable bonds is 9. The van der Waals surface area contributed by atoms with E-state index in [2.05, 4.69) is 35.4 Å². The minimum absolute atomic E-state index is 0.0417. The summed E-state index contributed by atoms with van der Waals surface area (Å²) in [6.45, 7) is 7.69. The van der Waals surface area contributed by atoms with Crippen molar-refractivity contribution in [1.29, 1.82) is 0 Å². The summed E-state index contributed by atoms with van der Waals surface area (Å²) in [5.74, 6) is 1.87. The number of aromatic nitrogens is 3. The van der Waals surface area contributed by atoms with Gasteiger partial charge in [-0.15, -0.1) is 10.2 Å². The van der Waals surface area contributed by atoms with Gasteiger partial charge >= 0.3 is 0 Å². The first-order valence-electron chi connectivity index (χ1n) is 10.1. The van der Waals surface area contributed by atoms with Crippen LogP contribution in [0.4, 0.5) is 0 Å². The van der Waals surface area contributed by atoms with E-state index in [-0.39, 0.29) is 11.2 Å². The predicted molar refractivity (Wildman–Crippen MR) is 112 cm³/mol. The molecule has 0 saturated carbocycles. The molecular weight excluding hydrogens is 372 g/mol. The summed E-state index contributed by atoms with van der Waals surface area (Å²) in [5.41, 5.74) is 1.48. The normalized spacial score (nSPS) is 15.5. The van der Waals surface area contributed by atoms with Gasteiger partial charge in [0.05, 0.1) is 11.5 Å². The van der Waals surface area contributed by atoms with E-state index in [0.29, 0.717) is 24.0 Å². The number of nitrogens with one attached hydrogen (secondary N) is 1. The molecule has 6 nitrogen and oxygen atoms in total. The number of thioether (sulfide) groups is 1. The lowest BCUT2D eigenvalue weighted by Crippen LogP contribution is -2.32. The average molecular weight is 403 g/mol. The molecule has 3 rings (SSSR count). The Hall–Kier alpha value is -2.02. The van der Waals surface area contributed by atoms with E-state index in [0.717, 1.165) is 18.1 Å². The van der Waals surface area contributed by atoms with Gasteiger partial charge in [0.1, 0.15) is 0 Å². The molecule has 0 saturated heterocycles. The minimum atomic E-state index is -0.236. The molecular formula is C21H30N4O2S. The van der Waals surface area contributed by atoms with Crippen LogP contribution in [-0.4, -0.2) is 32.5 Å². The lowest BCUT2D eigenvalue weighted by atomic mass is 9.97. The Kier molecular flexibility index (Phi) is 7.36. The highest BCUT2D eigenvalue weighted by Crippen LogP contribution is 2.28. The molecule has 1 aliphatic carbocycles. The summed E-state index contributed by atoms with van der Waals surface area (Å²) >= 11 is 1.45. The Morgan fingerprint density at radius 2 is 2.18 bits per heavy atom. The summed E-state index contributed by atoms with van der Waals surface area (Å²) in [6.07, 6.45) is 9.84. The number of carbonyl (C=O) groups excluding carboxylic acids is 1. The summed E-state index contributed by atoms with van der Waals surface area (Å²) in [7, 11) is 0. The number of allylic oxidation sites excluding steroid dienone is 1. The summed E-state index contributed by atoms with van der Waals surface area (Å²) < 4.78 is 7.55. The maximum Gasteiger partial charge on any atom is 0.233 e. The zero-order chi connectivity index (χ0) is 19.9. The van der Waals surface area contributed by atoms with Gasteiger partial charge < -0.3 is 9.73 Å². The molecule has 0 radical (unpaired) electrons. The van der Waals surface area contributed by atoms with Gasteiger partial charge in [-0.1, -0.05) is 37.3 Å². The fourth-order valence-electron chi connectivity index (χ4n) is 3.33.